The number of nitrogens with zero attached hydrogens (tertiary/aromatic N) is 1. The molecule has 0 bridgehead atoms. The van der Waals surface area contributed by atoms with E-state index in [4.69, 9.17) is 4.98 Å². The highest BCUT2D eigenvalue weighted by Gasteiger charge is 2.12. The molecule has 1 nitrogen and oxygen atoms in total. The number of pyridine rings is 1. The third-order valence-corrected chi connectivity index (χ3v) is 5.12. The van der Waals surface area contributed by atoms with Gasteiger partial charge < -0.3 is 0 Å². The molecule has 0 N–H and O–H groups in total. The zero-order valence-corrected chi connectivity index (χ0v) is 16.0. The predicted molar refractivity (Wildman–Crippen MR) is 115 cm³/mol. The lowest BCUT2D eigenvalue weighted by Gasteiger charge is -2.14. The third-order valence-electron chi connectivity index (χ3n) is 5.12. The van der Waals surface area contributed by atoms with Crippen molar-refractivity contribution in [3.8, 4) is 33.6 Å². The standard InChI is InChI=1S/C26H23N/c1-18-10-4-7-13-22(18)21-16-25(23-14-8-5-11-19(23)2)27-26(17-21)24-15-9-6-12-20(24)3/h4-17H,1-3H3. The molecule has 27 heavy (non-hydrogen) atoms. The van der Waals surface area contributed by atoms with E-state index in [0.717, 1.165) is 11.4 Å². The molecule has 0 radical (unpaired) electrons. The van der Waals surface area contributed by atoms with Gasteiger partial charge in [0.15, 0.2) is 0 Å². The lowest BCUT2D eigenvalue weighted by Crippen LogP contribution is -1.94. The summed E-state index contributed by atoms with van der Waals surface area (Å²) in [6.45, 7) is 6.45. The number of aryl methyl sites for hydroxylation is 3. The molecule has 1 aromatic heterocycles. The first-order valence-corrected chi connectivity index (χ1v) is 9.33. The van der Waals surface area contributed by atoms with E-state index in [-0.39, 0.29) is 0 Å². The molecule has 4 rings (SSSR count). The van der Waals surface area contributed by atoms with Crippen LogP contribution in [0.15, 0.2) is 84.9 Å². The first-order chi connectivity index (χ1) is 13.1. The molecular weight excluding hydrogens is 326 g/mol. The molecule has 0 aliphatic heterocycles. The minimum Gasteiger partial charge on any atom is -0.248 e. The van der Waals surface area contributed by atoms with Crippen molar-refractivity contribution < 1.29 is 0 Å². The van der Waals surface area contributed by atoms with Gasteiger partial charge in [-0.2, -0.15) is 0 Å². The lowest BCUT2D eigenvalue weighted by atomic mass is 9.95. The van der Waals surface area contributed by atoms with Gasteiger partial charge in [-0.25, -0.2) is 4.98 Å². The van der Waals surface area contributed by atoms with E-state index in [1.54, 1.807) is 0 Å². The second-order valence-corrected chi connectivity index (χ2v) is 7.07. The molecule has 0 fully saturated rings. The van der Waals surface area contributed by atoms with Crippen molar-refractivity contribution in [2.45, 2.75) is 20.8 Å². The first kappa shape index (κ1) is 17.2. The molecule has 0 unspecified atom stereocenters. The average molecular weight is 349 g/mol. The Morgan fingerprint density at radius 3 is 1.26 bits per heavy atom. The van der Waals surface area contributed by atoms with Crippen LogP contribution in [0.2, 0.25) is 0 Å². The average Bonchev–Trinajstić information content (AvgIpc) is 2.69. The lowest BCUT2D eigenvalue weighted by molar-refractivity contribution is 1.29. The Bertz CT molecular complexity index is 955. The normalized spacial score (nSPS) is 10.8. The summed E-state index contributed by atoms with van der Waals surface area (Å²) < 4.78 is 0. The summed E-state index contributed by atoms with van der Waals surface area (Å²) in [6, 6.07) is 29.9. The number of rotatable bonds is 3. The van der Waals surface area contributed by atoms with Gasteiger partial charge in [0, 0.05) is 11.1 Å². The van der Waals surface area contributed by atoms with Crippen LogP contribution in [0.4, 0.5) is 0 Å². The van der Waals surface area contributed by atoms with E-state index in [1.807, 2.05) is 0 Å². The summed E-state index contributed by atoms with van der Waals surface area (Å²) in [7, 11) is 0. The molecule has 0 saturated heterocycles. The topological polar surface area (TPSA) is 12.9 Å². The number of aromatic nitrogens is 1. The molecule has 1 heterocycles. The fourth-order valence-electron chi connectivity index (χ4n) is 3.58. The smallest absolute Gasteiger partial charge is 0.0718 e. The van der Waals surface area contributed by atoms with Gasteiger partial charge in [-0.15, -0.1) is 0 Å². The Morgan fingerprint density at radius 2 is 0.852 bits per heavy atom. The predicted octanol–water partition coefficient (Wildman–Crippen LogP) is 7.01. The quantitative estimate of drug-likeness (QED) is 0.388. The van der Waals surface area contributed by atoms with Gasteiger partial charge in [0.05, 0.1) is 11.4 Å². The van der Waals surface area contributed by atoms with Crippen LogP contribution in [0.1, 0.15) is 16.7 Å². The van der Waals surface area contributed by atoms with Gasteiger partial charge in [-0.3, -0.25) is 0 Å². The third kappa shape index (κ3) is 3.41. The molecule has 0 atom stereocenters. The van der Waals surface area contributed by atoms with E-state index in [0.29, 0.717) is 0 Å². The molecule has 4 aromatic rings. The van der Waals surface area contributed by atoms with Crippen LogP contribution in [-0.2, 0) is 0 Å². The summed E-state index contributed by atoms with van der Waals surface area (Å²) in [4.78, 5) is 5.05. The van der Waals surface area contributed by atoms with Crippen LogP contribution in [-0.4, -0.2) is 4.98 Å². The highest BCUT2D eigenvalue weighted by atomic mass is 14.7. The molecule has 0 aliphatic carbocycles. The Hall–Kier alpha value is -3.19. The fraction of sp³-hybridized carbons (Fsp3) is 0.115. The van der Waals surface area contributed by atoms with E-state index in [9.17, 15) is 0 Å². The van der Waals surface area contributed by atoms with Gasteiger partial charge in [0.25, 0.3) is 0 Å². The van der Waals surface area contributed by atoms with Crippen molar-refractivity contribution in [3.05, 3.63) is 102 Å². The van der Waals surface area contributed by atoms with Crippen molar-refractivity contribution in [2.75, 3.05) is 0 Å². The molecule has 0 saturated carbocycles. The van der Waals surface area contributed by atoms with E-state index in [1.165, 1.54) is 38.9 Å². The summed E-state index contributed by atoms with van der Waals surface area (Å²) in [5, 5.41) is 0. The van der Waals surface area contributed by atoms with Crippen LogP contribution in [0, 0.1) is 20.8 Å². The molecular formula is C26H23N. The Morgan fingerprint density at radius 1 is 0.481 bits per heavy atom. The fourth-order valence-corrected chi connectivity index (χ4v) is 3.58. The van der Waals surface area contributed by atoms with Gasteiger partial charge in [0.1, 0.15) is 0 Å². The van der Waals surface area contributed by atoms with Gasteiger partial charge in [0.2, 0.25) is 0 Å². The summed E-state index contributed by atoms with van der Waals surface area (Å²) in [5.41, 5.74) is 10.6. The highest BCUT2D eigenvalue weighted by molar-refractivity contribution is 5.79. The molecule has 0 amide bonds. The van der Waals surface area contributed by atoms with Crippen LogP contribution in [0.3, 0.4) is 0 Å². The minimum atomic E-state index is 1.02. The zero-order valence-electron chi connectivity index (χ0n) is 16.0. The Kier molecular flexibility index (Phi) is 4.60. The molecule has 0 spiro atoms. The van der Waals surface area contributed by atoms with E-state index in [2.05, 4.69) is 106 Å². The van der Waals surface area contributed by atoms with Crippen molar-refractivity contribution in [1.29, 1.82) is 0 Å². The maximum absolute atomic E-state index is 5.05. The van der Waals surface area contributed by atoms with Crippen molar-refractivity contribution >= 4 is 0 Å². The monoisotopic (exact) mass is 349 g/mol. The highest BCUT2D eigenvalue weighted by Crippen LogP contribution is 2.33. The molecule has 3 aromatic carbocycles. The van der Waals surface area contributed by atoms with Crippen LogP contribution < -0.4 is 0 Å². The van der Waals surface area contributed by atoms with Crippen LogP contribution >= 0.6 is 0 Å². The zero-order chi connectivity index (χ0) is 18.8. The number of benzene rings is 3. The molecule has 1 heteroatoms. The van der Waals surface area contributed by atoms with Crippen LogP contribution in [0.5, 0.6) is 0 Å². The Balaban J connectivity index is 1.99. The van der Waals surface area contributed by atoms with E-state index < -0.39 is 0 Å². The minimum absolute atomic E-state index is 1.02. The number of hydrogen-bond acceptors (Lipinski definition) is 1. The number of hydrogen-bond donors (Lipinski definition) is 0. The van der Waals surface area contributed by atoms with Crippen molar-refractivity contribution in [1.82, 2.24) is 4.98 Å². The maximum atomic E-state index is 5.05. The summed E-state index contributed by atoms with van der Waals surface area (Å²) in [5.74, 6) is 0. The van der Waals surface area contributed by atoms with Crippen molar-refractivity contribution in [2.24, 2.45) is 0 Å². The second-order valence-electron chi connectivity index (χ2n) is 7.07. The summed E-state index contributed by atoms with van der Waals surface area (Å²) in [6.07, 6.45) is 0. The van der Waals surface area contributed by atoms with Gasteiger partial charge in [-0.1, -0.05) is 72.8 Å². The van der Waals surface area contributed by atoms with Crippen LogP contribution in [0.25, 0.3) is 33.6 Å². The maximum Gasteiger partial charge on any atom is 0.0718 e. The Labute approximate surface area is 161 Å². The van der Waals surface area contributed by atoms with Gasteiger partial charge in [-0.05, 0) is 60.7 Å². The molecule has 0 aliphatic rings. The second kappa shape index (κ2) is 7.20. The van der Waals surface area contributed by atoms with E-state index >= 15 is 0 Å². The largest absolute Gasteiger partial charge is 0.248 e. The SMILES string of the molecule is Cc1ccccc1-c1cc(-c2ccccc2C)nc(-c2ccccc2C)c1. The first-order valence-electron chi connectivity index (χ1n) is 9.33. The van der Waals surface area contributed by atoms with Crippen molar-refractivity contribution in [3.63, 3.8) is 0 Å². The summed E-state index contributed by atoms with van der Waals surface area (Å²) >= 11 is 0. The molecule has 132 valence electrons. The van der Waals surface area contributed by atoms with Gasteiger partial charge >= 0.3 is 0 Å².